The molecule has 1 saturated heterocycles. The fourth-order valence-corrected chi connectivity index (χ4v) is 1.91. The van der Waals surface area contributed by atoms with Crippen LogP contribution in [0.1, 0.15) is 18.4 Å². The topological polar surface area (TPSA) is 64.6 Å². The summed E-state index contributed by atoms with van der Waals surface area (Å²) >= 11 is 0. The minimum atomic E-state index is -0.508. The smallest absolute Gasteiger partial charge is 0.335 e. The lowest BCUT2D eigenvalue weighted by Crippen LogP contribution is -2.27. The summed E-state index contributed by atoms with van der Waals surface area (Å²) in [6.07, 6.45) is 1.01. The molecule has 1 heterocycles. The number of ether oxygens (including phenoxy) is 2. The number of anilines is 1. The van der Waals surface area contributed by atoms with Crippen molar-refractivity contribution in [2.24, 2.45) is 0 Å². The maximum atomic E-state index is 11.6. The van der Waals surface area contributed by atoms with E-state index in [1.165, 1.54) is 0 Å². The molecule has 0 aliphatic carbocycles. The van der Waals surface area contributed by atoms with Crippen LogP contribution in [-0.2, 0) is 19.1 Å². The van der Waals surface area contributed by atoms with E-state index in [0.29, 0.717) is 18.7 Å². The standard InChI is InChI=1S/C14H17NO4/c1-10-4-2-5-11(8-10)15-13(16)9-19-14(17)12-6-3-7-18-12/h2,4-5,8,12H,3,6-7,9H2,1H3,(H,15,16). The molecule has 102 valence electrons. The Balaban J connectivity index is 1.76. The minimum absolute atomic E-state index is 0.285. The molecule has 0 bridgehead atoms. The zero-order chi connectivity index (χ0) is 13.7. The second-order valence-electron chi connectivity index (χ2n) is 4.53. The van der Waals surface area contributed by atoms with Crippen LogP contribution in [-0.4, -0.2) is 31.2 Å². The van der Waals surface area contributed by atoms with Crippen molar-refractivity contribution in [2.45, 2.75) is 25.9 Å². The van der Waals surface area contributed by atoms with Gasteiger partial charge in [-0.1, -0.05) is 12.1 Å². The maximum Gasteiger partial charge on any atom is 0.335 e. The van der Waals surface area contributed by atoms with Gasteiger partial charge in [0.25, 0.3) is 5.91 Å². The summed E-state index contributed by atoms with van der Waals surface area (Å²) in [7, 11) is 0. The van der Waals surface area contributed by atoms with Gasteiger partial charge in [-0.2, -0.15) is 0 Å². The third-order valence-electron chi connectivity index (χ3n) is 2.84. The van der Waals surface area contributed by atoms with Crippen LogP contribution in [0.25, 0.3) is 0 Å². The molecule has 5 heteroatoms. The van der Waals surface area contributed by atoms with Gasteiger partial charge in [-0.3, -0.25) is 4.79 Å². The van der Waals surface area contributed by atoms with Crippen molar-refractivity contribution in [3.05, 3.63) is 29.8 Å². The molecule has 19 heavy (non-hydrogen) atoms. The Morgan fingerprint density at radius 2 is 2.32 bits per heavy atom. The molecule has 5 nitrogen and oxygen atoms in total. The maximum absolute atomic E-state index is 11.6. The first-order valence-corrected chi connectivity index (χ1v) is 6.30. The Morgan fingerprint density at radius 3 is 3.00 bits per heavy atom. The number of rotatable bonds is 4. The summed E-state index contributed by atoms with van der Waals surface area (Å²) in [5.74, 6) is -0.811. The number of esters is 1. The van der Waals surface area contributed by atoms with Crippen molar-refractivity contribution in [2.75, 3.05) is 18.5 Å². The fourth-order valence-electron chi connectivity index (χ4n) is 1.91. The lowest BCUT2D eigenvalue weighted by Gasteiger charge is -2.10. The zero-order valence-electron chi connectivity index (χ0n) is 10.8. The molecule has 0 radical (unpaired) electrons. The Bertz CT molecular complexity index is 466. The number of carbonyl (C=O) groups is 2. The zero-order valence-corrected chi connectivity index (χ0v) is 10.8. The van der Waals surface area contributed by atoms with E-state index in [0.717, 1.165) is 12.0 Å². The normalized spacial score (nSPS) is 18.1. The summed E-state index contributed by atoms with van der Waals surface area (Å²) in [5.41, 5.74) is 1.74. The molecule has 1 fully saturated rings. The molecule has 1 unspecified atom stereocenters. The van der Waals surface area contributed by atoms with Crippen LogP contribution in [0.15, 0.2) is 24.3 Å². The molecule has 1 amide bonds. The first kappa shape index (κ1) is 13.5. The fraction of sp³-hybridized carbons (Fsp3) is 0.429. The molecule has 1 N–H and O–H groups in total. The van der Waals surface area contributed by atoms with Crippen LogP contribution in [0, 0.1) is 6.92 Å². The minimum Gasteiger partial charge on any atom is -0.454 e. The van der Waals surface area contributed by atoms with Gasteiger partial charge in [-0.15, -0.1) is 0 Å². The number of nitrogens with one attached hydrogen (secondary N) is 1. The molecule has 0 aromatic heterocycles. The molecule has 0 spiro atoms. The highest BCUT2D eigenvalue weighted by molar-refractivity contribution is 5.93. The van der Waals surface area contributed by atoms with Gasteiger partial charge in [0.05, 0.1) is 0 Å². The second kappa shape index (κ2) is 6.33. The lowest BCUT2D eigenvalue weighted by molar-refractivity contribution is -0.156. The van der Waals surface area contributed by atoms with Gasteiger partial charge in [-0.25, -0.2) is 4.79 Å². The number of hydrogen-bond donors (Lipinski definition) is 1. The van der Waals surface area contributed by atoms with E-state index in [2.05, 4.69) is 5.32 Å². The largest absolute Gasteiger partial charge is 0.454 e. The summed E-state index contributed by atoms with van der Waals surface area (Å²) in [6, 6.07) is 7.42. The highest BCUT2D eigenvalue weighted by Gasteiger charge is 2.25. The van der Waals surface area contributed by atoms with E-state index < -0.39 is 12.1 Å². The summed E-state index contributed by atoms with van der Waals surface area (Å²) in [5, 5.41) is 2.67. The molecule has 0 saturated carbocycles. The highest BCUT2D eigenvalue weighted by Crippen LogP contribution is 2.13. The van der Waals surface area contributed by atoms with Crippen molar-refractivity contribution in [3.8, 4) is 0 Å². The number of hydrogen-bond acceptors (Lipinski definition) is 4. The average Bonchev–Trinajstić information content (AvgIpc) is 2.90. The van der Waals surface area contributed by atoms with Gasteiger partial charge in [0.1, 0.15) is 0 Å². The van der Waals surface area contributed by atoms with Crippen molar-refractivity contribution in [1.82, 2.24) is 0 Å². The Morgan fingerprint density at radius 1 is 1.47 bits per heavy atom. The molecule has 1 aromatic rings. The summed E-state index contributed by atoms with van der Waals surface area (Å²) in [4.78, 5) is 23.1. The van der Waals surface area contributed by atoms with Crippen molar-refractivity contribution in [3.63, 3.8) is 0 Å². The van der Waals surface area contributed by atoms with Crippen molar-refractivity contribution < 1.29 is 19.1 Å². The van der Waals surface area contributed by atoms with Gasteiger partial charge in [-0.05, 0) is 37.5 Å². The predicted octanol–water partition coefficient (Wildman–Crippen LogP) is 1.66. The molecule has 1 aliphatic heterocycles. The lowest BCUT2D eigenvalue weighted by atomic mass is 10.2. The van der Waals surface area contributed by atoms with Crippen LogP contribution < -0.4 is 5.32 Å². The van der Waals surface area contributed by atoms with E-state index in [1.807, 2.05) is 25.1 Å². The van der Waals surface area contributed by atoms with Crippen molar-refractivity contribution in [1.29, 1.82) is 0 Å². The van der Waals surface area contributed by atoms with E-state index >= 15 is 0 Å². The Kier molecular flexibility index (Phi) is 4.52. The van der Waals surface area contributed by atoms with E-state index in [4.69, 9.17) is 9.47 Å². The third-order valence-corrected chi connectivity index (χ3v) is 2.84. The first-order chi connectivity index (χ1) is 9.15. The number of benzene rings is 1. The average molecular weight is 263 g/mol. The number of amides is 1. The predicted molar refractivity (Wildman–Crippen MR) is 69.7 cm³/mol. The Hall–Kier alpha value is -1.88. The molecule has 1 aliphatic rings. The van der Waals surface area contributed by atoms with Gasteiger partial charge in [0, 0.05) is 12.3 Å². The monoisotopic (exact) mass is 263 g/mol. The molecule has 1 aromatic carbocycles. The van der Waals surface area contributed by atoms with Crippen LogP contribution in [0.4, 0.5) is 5.69 Å². The second-order valence-corrected chi connectivity index (χ2v) is 4.53. The van der Waals surface area contributed by atoms with E-state index in [1.54, 1.807) is 6.07 Å². The summed E-state index contributed by atoms with van der Waals surface area (Å²) < 4.78 is 10.1. The number of carbonyl (C=O) groups excluding carboxylic acids is 2. The Labute approximate surface area is 111 Å². The van der Waals surface area contributed by atoms with Crippen molar-refractivity contribution >= 4 is 17.6 Å². The van der Waals surface area contributed by atoms with Crippen LogP contribution >= 0.6 is 0 Å². The van der Waals surface area contributed by atoms with E-state index in [-0.39, 0.29) is 12.5 Å². The molecule has 1 atom stereocenters. The SMILES string of the molecule is Cc1cccc(NC(=O)COC(=O)C2CCCO2)c1. The molecular weight excluding hydrogens is 246 g/mol. The van der Waals surface area contributed by atoms with Gasteiger partial charge in [0.2, 0.25) is 0 Å². The van der Waals surface area contributed by atoms with Crippen LogP contribution in [0.5, 0.6) is 0 Å². The third kappa shape index (κ3) is 4.06. The molecular formula is C14H17NO4. The van der Waals surface area contributed by atoms with Gasteiger partial charge >= 0.3 is 5.97 Å². The molecule has 2 rings (SSSR count). The quantitative estimate of drug-likeness (QED) is 0.839. The highest BCUT2D eigenvalue weighted by atomic mass is 16.6. The van der Waals surface area contributed by atoms with Crippen LogP contribution in [0.3, 0.4) is 0 Å². The first-order valence-electron chi connectivity index (χ1n) is 6.30. The van der Waals surface area contributed by atoms with Crippen LogP contribution in [0.2, 0.25) is 0 Å². The number of aryl methyl sites for hydroxylation is 1. The van der Waals surface area contributed by atoms with E-state index in [9.17, 15) is 9.59 Å². The van der Waals surface area contributed by atoms with Gasteiger partial charge in [0.15, 0.2) is 12.7 Å². The van der Waals surface area contributed by atoms with Gasteiger partial charge < -0.3 is 14.8 Å². The summed E-state index contributed by atoms with van der Waals surface area (Å²) in [6.45, 7) is 2.23.